The van der Waals surface area contributed by atoms with Crippen molar-refractivity contribution in [3.05, 3.63) is 42.5 Å². The summed E-state index contributed by atoms with van der Waals surface area (Å²) in [6.45, 7) is 5.74. The Kier molecular flexibility index (Phi) is 5.99. The van der Waals surface area contributed by atoms with Gasteiger partial charge in [-0.3, -0.25) is 9.69 Å². The summed E-state index contributed by atoms with van der Waals surface area (Å²) in [6.07, 6.45) is 1.51. The first-order chi connectivity index (χ1) is 15.2. The van der Waals surface area contributed by atoms with Gasteiger partial charge in [0.15, 0.2) is 9.84 Å². The topological polar surface area (TPSA) is 84.0 Å². The monoisotopic (exact) mass is 456 g/mol. The van der Waals surface area contributed by atoms with E-state index in [1.54, 1.807) is 41.0 Å². The first kappa shape index (κ1) is 22.3. The smallest absolute Gasteiger partial charge is 0.414 e. The molecule has 0 spiro atoms. The van der Waals surface area contributed by atoms with Crippen molar-refractivity contribution >= 4 is 33.2 Å². The molecular formula is C24H28N2O5S. The second kappa shape index (κ2) is 8.58. The Bertz CT molecular complexity index is 1140. The molecule has 2 amide bonds. The second-order valence-electron chi connectivity index (χ2n) is 8.50. The van der Waals surface area contributed by atoms with Gasteiger partial charge in [0.25, 0.3) is 0 Å². The molecule has 4 rings (SSSR count). The third-order valence-electron chi connectivity index (χ3n) is 5.94. The molecule has 0 saturated heterocycles. The largest absolute Gasteiger partial charge is 0.449 e. The third kappa shape index (κ3) is 4.37. The lowest BCUT2D eigenvalue weighted by atomic mass is 10.0. The highest BCUT2D eigenvalue weighted by Gasteiger charge is 2.34. The van der Waals surface area contributed by atoms with Gasteiger partial charge in [-0.05, 0) is 68.0 Å². The van der Waals surface area contributed by atoms with Crippen LogP contribution >= 0.6 is 0 Å². The summed E-state index contributed by atoms with van der Waals surface area (Å²) >= 11 is 0. The number of carbonyl (C=O) groups is 2. The Labute approximate surface area is 188 Å². The van der Waals surface area contributed by atoms with Crippen molar-refractivity contribution in [2.75, 3.05) is 28.7 Å². The summed E-state index contributed by atoms with van der Waals surface area (Å²) in [6, 6.07) is 12.2. The average molecular weight is 457 g/mol. The summed E-state index contributed by atoms with van der Waals surface area (Å²) in [7, 11) is -3.27. The Morgan fingerprint density at radius 1 is 1.03 bits per heavy atom. The van der Waals surface area contributed by atoms with Gasteiger partial charge in [-0.25, -0.2) is 13.2 Å². The van der Waals surface area contributed by atoms with E-state index in [9.17, 15) is 18.0 Å². The van der Waals surface area contributed by atoms with Gasteiger partial charge >= 0.3 is 6.09 Å². The highest BCUT2D eigenvalue weighted by molar-refractivity contribution is 7.91. The molecule has 1 aliphatic heterocycles. The van der Waals surface area contributed by atoms with Crippen molar-refractivity contribution in [3.8, 4) is 11.1 Å². The Balaban J connectivity index is 1.70. The number of hydrogen-bond acceptors (Lipinski definition) is 5. The zero-order chi connectivity index (χ0) is 23.0. The number of hydrogen-bond donors (Lipinski definition) is 0. The van der Waals surface area contributed by atoms with Gasteiger partial charge in [0.1, 0.15) is 0 Å². The molecule has 2 aromatic rings. The second-order valence-corrected chi connectivity index (χ2v) is 10.5. The predicted octanol–water partition coefficient (Wildman–Crippen LogP) is 4.26. The van der Waals surface area contributed by atoms with Gasteiger partial charge in [0.05, 0.1) is 34.7 Å². The Morgan fingerprint density at radius 2 is 1.69 bits per heavy atom. The molecule has 32 heavy (non-hydrogen) atoms. The first-order valence-corrected chi connectivity index (χ1v) is 12.6. The molecule has 2 aromatic carbocycles. The van der Waals surface area contributed by atoms with E-state index in [2.05, 4.69) is 0 Å². The first-order valence-electron chi connectivity index (χ1n) is 10.9. The maximum Gasteiger partial charge on any atom is 0.414 e. The van der Waals surface area contributed by atoms with E-state index in [4.69, 9.17) is 4.74 Å². The Hall–Kier alpha value is -2.87. The van der Waals surface area contributed by atoms with Gasteiger partial charge in [-0.2, -0.15) is 0 Å². The molecule has 8 heteroatoms. The van der Waals surface area contributed by atoms with Gasteiger partial charge in [0.2, 0.25) is 5.91 Å². The van der Waals surface area contributed by atoms with Crippen molar-refractivity contribution in [2.45, 2.75) is 44.6 Å². The number of nitrogens with zero attached hydrogens (tertiary/aromatic N) is 2. The van der Waals surface area contributed by atoms with Crippen LogP contribution in [0.3, 0.4) is 0 Å². The van der Waals surface area contributed by atoms with E-state index in [-0.39, 0.29) is 24.3 Å². The van der Waals surface area contributed by atoms with Crippen LogP contribution in [0.4, 0.5) is 16.2 Å². The number of amides is 2. The molecule has 1 atom stereocenters. The fourth-order valence-electron chi connectivity index (χ4n) is 4.20. The number of carbonyl (C=O) groups excluding carboxylic acids is 2. The van der Waals surface area contributed by atoms with Crippen LogP contribution < -0.4 is 9.80 Å². The average Bonchev–Trinajstić information content (AvgIpc) is 3.56. The van der Waals surface area contributed by atoms with Crippen molar-refractivity contribution in [1.82, 2.24) is 0 Å². The molecule has 1 aliphatic carbocycles. The molecule has 0 N–H and O–H groups in total. The molecule has 0 bridgehead atoms. The van der Waals surface area contributed by atoms with Crippen LogP contribution in [0.25, 0.3) is 11.1 Å². The van der Waals surface area contributed by atoms with E-state index in [1.807, 2.05) is 25.1 Å². The van der Waals surface area contributed by atoms with Gasteiger partial charge < -0.3 is 9.64 Å². The number of sulfone groups is 1. The molecule has 2 aliphatic rings. The van der Waals surface area contributed by atoms with Crippen LogP contribution in [0, 0.1) is 5.92 Å². The molecular weight excluding hydrogens is 428 g/mol. The minimum atomic E-state index is -3.27. The van der Waals surface area contributed by atoms with Gasteiger partial charge in [-0.15, -0.1) is 0 Å². The Morgan fingerprint density at radius 3 is 2.28 bits per heavy atom. The quantitative estimate of drug-likeness (QED) is 0.671. The van der Waals surface area contributed by atoms with Crippen LogP contribution in [0.1, 0.15) is 33.6 Å². The van der Waals surface area contributed by atoms with Crippen molar-refractivity contribution in [2.24, 2.45) is 5.92 Å². The maximum absolute atomic E-state index is 12.6. The highest BCUT2D eigenvalue weighted by atomic mass is 32.2. The zero-order valence-electron chi connectivity index (χ0n) is 18.6. The number of benzene rings is 2. The number of anilines is 2. The lowest BCUT2D eigenvalue weighted by molar-refractivity contribution is -0.117. The minimum absolute atomic E-state index is 0.0970. The predicted molar refractivity (Wildman–Crippen MR) is 124 cm³/mol. The lowest BCUT2D eigenvalue weighted by Gasteiger charge is -2.40. The molecule has 0 radical (unpaired) electrons. The minimum Gasteiger partial charge on any atom is -0.449 e. The molecule has 7 nitrogen and oxygen atoms in total. The fourth-order valence-corrected chi connectivity index (χ4v) is 5.90. The molecule has 1 saturated carbocycles. The van der Waals surface area contributed by atoms with E-state index < -0.39 is 15.9 Å². The molecule has 1 fully saturated rings. The summed E-state index contributed by atoms with van der Waals surface area (Å²) in [5.74, 6) is 0.402. The summed E-state index contributed by atoms with van der Waals surface area (Å²) in [4.78, 5) is 28.5. The summed E-state index contributed by atoms with van der Waals surface area (Å²) in [5.41, 5.74) is 2.90. The van der Waals surface area contributed by atoms with Crippen LogP contribution in [0.2, 0.25) is 0 Å². The molecule has 1 unspecified atom stereocenters. The van der Waals surface area contributed by atoms with Gasteiger partial charge in [0, 0.05) is 13.5 Å². The normalized spacial score (nSPS) is 18.3. The number of ether oxygens (including phenoxy) is 1. The molecule has 170 valence electrons. The van der Waals surface area contributed by atoms with Gasteiger partial charge in [-0.1, -0.05) is 18.2 Å². The SMILES string of the molecule is CCOC(=O)N1CC(C)N(C(C)=O)c2ccc(-c3ccc(S(=O)(=O)CC4CC4)cc3)cc21. The fraction of sp³-hybridized carbons (Fsp3) is 0.417. The van der Waals surface area contributed by atoms with Crippen LogP contribution in [0.5, 0.6) is 0 Å². The van der Waals surface area contributed by atoms with Crippen LogP contribution in [-0.4, -0.2) is 45.4 Å². The van der Waals surface area contributed by atoms with Crippen LogP contribution in [0.15, 0.2) is 47.4 Å². The van der Waals surface area contributed by atoms with E-state index >= 15 is 0 Å². The maximum atomic E-state index is 12.6. The molecule has 1 heterocycles. The summed E-state index contributed by atoms with van der Waals surface area (Å²) in [5, 5.41) is 0. The molecule has 0 aromatic heterocycles. The number of rotatable bonds is 5. The van der Waals surface area contributed by atoms with Crippen molar-refractivity contribution in [1.29, 1.82) is 0 Å². The standard InChI is InChI=1S/C24H28N2O5S/c1-4-31-24(28)25-14-16(2)26(17(3)27)22-12-9-20(13-23(22)25)19-7-10-21(11-8-19)32(29,30)15-18-5-6-18/h7-13,16,18H,4-6,14-15H2,1-3H3. The summed E-state index contributed by atoms with van der Waals surface area (Å²) < 4.78 is 30.3. The van der Waals surface area contributed by atoms with Crippen LogP contribution in [-0.2, 0) is 19.4 Å². The number of fused-ring (bicyclic) bond motifs is 1. The zero-order valence-corrected chi connectivity index (χ0v) is 19.4. The van der Waals surface area contributed by atoms with E-state index in [0.29, 0.717) is 28.7 Å². The van der Waals surface area contributed by atoms with Crippen molar-refractivity contribution < 1.29 is 22.7 Å². The highest BCUT2D eigenvalue weighted by Crippen LogP contribution is 2.39. The van der Waals surface area contributed by atoms with Crippen molar-refractivity contribution in [3.63, 3.8) is 0 Å². The third-order valence-corrected chi connectivity index (χ3v) is 7.84. The van der Waals surface area contributed by atoms with E-state index in [0.717, 1.165) is 24.0 Å². The lowest BCUT2D eigenvalue weighted by Crippen LogP contribution is -2.51. The van der Waals surface area contributed by atoms with E-state index in [1.165, 1.54) is 6.92 Å².